The van der Waals surface area contributed by atoms with E-state index in [0.29, 0.717) is 5.41 Å². The lowest BCUT2D eigenvalue weighted by Gasteiger charge is -2.57. The highest BCUT2D eigenvalue weighted by molar-refractivity contribution is 5.15. The van der Waals surface area contributed by atoms with Crippen molar-refractivity contribution in [2.45, 2.75) is 166 Å². The molecule has 6 atom stereocenters. The van der Waals surface area contributed by atoms with E-state index in [1.54, 1.807) is 12.8 Å². The summed E-state index contributed by atoms with van der Waals surface area (Å²) in [5.74, 6) is 9.75. The second kappa shape index (κ2) is 11.9. The Morgan fingerprint density at radius 1 is 0.359 bits per heavy atom. The quantitative estimate of drug-likeness (QED) is 0.374. The third-order valence-corrected chi connectivity index (χ3v) is 15.2. The zero-order valence-corrected chi connectivity index (χ0v) is 25.3. The summed E-state index contributed by atoms with van der Waals surface area (Å²) in [4.78, 5) is 0. The molecule has 7 rings (SSSR count). The molecular formula is C37H62O2. The summed E-state index contributed by atoms with van der Waals surface area (Å²) in [6.07, 6.45) is 33.8. The smallest absolute Gasteiger partial charge is 0.0540 e. The number of rotatable bonds is 4. The van der Waals surface area contributed by atoms with E-state index < -0.39 is 0 Å². The molecule has 7 saturated carbocycles. The number of aliphatic hydroxyl groups excluding tert-OH is 2. The summed E-state index contributed by atoms with van der Waals surface area (Å²) in [5.41, 5.74) is 0.532. The van der Waals surface area contributed by atoms with Gasteiger partial charge in [-0.25, -0.2) is 0 Å². The molecule has 0 aromatic carbocycles. The van der Waals surface area contributed by atoms with Crippen LogP contribution in [0.5, 0.6) is 0 Å². The molecule has 222 valence electrons. The molecule has 0 saturated heterocycles. The van der Waals surface area contributed by atoms with E-state index in [1.807, 2.05) is 0 Å². The Kier molecular flexibility index (Phi) is 8.46. The van der Waals surface area contributed by atoms with Crippen molar-refractivity contribution in [3.63, 3.8) is 0 Å². The molecule has 0 heterocycles. The van der Waals surface area contributed by atoms with Crippen molar-refractivity contribution in [2.75, 3.05) is 0 Å². The molecule has 2 heteroatoms. The molecule has 0 aliphatic heterocycles. The van der Waals surface area contributed by atoms with Gasteiger partial charge in [0, 0.05) is 0 Å². The number of hydrogen-bond donors (Lipinski definition) is 2. The topological polar surface area (TPSA) is 40.5 Å². The molecule has 39 heavy (non-hydrogen) atoms. The van der Waals surface area contributed by atoms with Gasteiger partial charge in [-0.2, -0.15) is 0 Å². The van der Waals surface area contributed by atoms with Crippen LogP contribution in [0.4, 0.5) is 0 Å². The largest absolute Gasteiger partial charge is 0.393 e. The van der Waals surface area contributed by atoms with E-state index in [-0.39, 0.29) is 12.2 Å². The zero-order chi connectivity index (χ0) is 26.4. The van der Waals surface area contributed by atoms with Crippen LogP contribution in [-0.4, -0.2) is 22.4 Å². The van der Waals surface area contributed by atoms with Crippen LogP contribution in [0.3, 0.4) is 0 Å². The van der Waals surface area contributed by atoms with Crippen molar-refractivity contribution in [1.29, 1.82) is 0 Å². The maximum absolute atomic E-state index is 10.6. The van der Waals surface area contributed by atoms with Crippen LogP contribution in [0.25, 0.3) is 0 Å². The van der Waals surface area contributed by atoms with Crippen LogP contribution >= 0.6 is 0 Å². The third kappa shape index (κ3) is 5.10. The molecule has 0 spiro atoms. The summed E-state index contributed by atoms with van der Waals surface area (Å²) in [6.45, 7) is 0. The predicted octanol–water partition coefficient (Wildman–Crippen LogP) is 9.31. The first-order chi connectivity index (χ1) is 19.1. The van der Waals surface area contributed by atoms with Crippen molar-refractivity contribution in [3.8, 4) is 0 Å². The SMILES string of the molecule is OC1CCC(C2(C3CCC(O)CC3)C3CCC(C4CCCCC4)CC3C3CC(C4CCCCC4)CCC32)CC1. The molecule has 0 bridgehead atoms. The molecular weight excluding hydrogens is 476 g/mol. The van der Waals surface area contributed by atoms with Gasteiger partial charge in [0.05, 0.1) is 12.2 Å². The molecule has 6 unspecified atom stereocenters. The van der Waals surface area contributed by atoms with Crippen molar-refractivity contribution < 1.29 is 10.2 Å². The average molecular weight is 539 g/mol. The van der Waals surface area contributed by atoms with Gasteiger partial charge in [-0.05, 0) is 154 Å². The maximum Gasteiger partial charge on any atom is 0.0540 e. The van der Waals surface area contributed by atoms with E-state index in [2.05, 4.69) is 0 Å². The minimum absolute atomic E-state index is 0.0384. The van der Waals surface area contributed by atoms with Gasteiger partial charge < -0.3 is 10.2 Å². The van der Waals surface area contributed by atoms with E-state index in [0.717, 1.165) is 84.9 Å². The third-order valence-electron chi connectivity index (χ3n) is 15.2. The minimum Gasteiger partial charge on any atom is -0.393 e. The molecule has 2 nitrogen and oxygen atoms in total. The highest BCUT2D eigenvalue weighted by Crippen LogP contribution is 2.73. The summed E-state index contributed by atoms with van der Waals surface area (Å²) in [5, 5.41) is 21.2. The van der Waals surface area contributed by atoms with Gasteiger partial charge in [0.2, 0.25) is 0 Å². The molecule has 0 radical (unpaired) electrons. The predicted molar refractivity (Wildman–Crippen MR) is 160 cm³/mol. The highest BCUT2D eigenvalue weighted by Gasteiger charge is 2.66. The van der Waals surface area contributed by atoms with Crippen molar-refractivity contribution in [1.82, 2.24) is 0 Å². The summed E-state index contributed by atoms with van der Waals surface area (Å²) >= 11 is 0. The maximum atomic E-state index is 10.6. The fraction of sp³-hybridized carbons (Fsp3) is 1.00. The number of fused-ring (bicyclic) bond motifs is 3. The Morgan fingerprint density at radius 2 is 0.744 bits per heavy atom. The molecule has 0 amide bonds. The van der Waals surface area contributed by atoms with E-state index in [9.17, 15) is 10.2 Å². The Hall–Kier alpha value is -0.0800. The summed E-state index contributed by atoms with van der Waals surface area (Å²) in [6, 6.07) is 0. The van der Waals surface area contributed by atoms with E-state index in [1.165, 1.54) is 116 Å². The number of aliphatic hydroxyl groups is 2. The first-order valence-corrected chi connectivity index (χ1v) is 18.5. The Bertz CT molecular complexity index is 713. The standard InChI is InChI=1S/C37H62O2/c38-31-17-13-29(14-18-31)37(30-15-19-32(39)20-16-30)35-21-11-27(25-7-3-1-4-8-25)23-33(35)34-24-28(12-22-36(34)37)26-9-5-2-6-10-26/h25-36,38-39H,1-24H2. The Balaban J connectivity index is 1.23. The second-order valence-corrected chi connectivity index (χ2v) is 16.5. The van der Waals surface area contributed by atoms with Gasteiger partial charge >= 0.3 is 0 Å². The Labute approximate surface area is 240 Å². The highest BCUT2D eigenvalue weighted by atomic mass is 16.3. The molecule has 2 N–H and O–H groups in total. The van der Waals surface area contributed by atoms with Crippen LogP contribution in [-0.2, 0) is 0 Å². The fourth-order valence-electron chi connectivity index (χ4n) is 13.7. The molecule has 7 aliphatic rings. The van der Waals surface area contributed by atoms with Crippen LogP contribution in [0.2, 0.25) is 0 Å². The van der Waals surface area contributed by atoms with Gasteiger partial charge in [-0.15, -0.1) is 0 Å². The van der Waals surface area contributed by atoms with Crippen molar-refractivity contribution in [3.05, 3.63) is 0 Å². The first-order valence-electron chi connectivity index (χ1n) is 18.5. The van der Waals surface area contributed by atoms with Crippen LogP contribution < -0.4 is 0 Å². The molecule has 7 fully saturated rings. The van der Waals surface area contributed by atoms with E-state index in [4.69, 9.17) is 0 Å². The van der Waals surface area contributed by atoms with Crippen molar-refractivity contribution in [2.24, 2.45) is 64.6 Å². The lowest BCUT2D eigenvalue weighted by Crippen LogP contribution is -2.51. The second-order valence-electron chi connectivity index (χ2n) is 16.5. The summed E-state index contributed by atoms with van der Waals surface area (Å²) < 4.78 is 0. The average Bonchev–Trinajstić information content (AvgIpc) is 3.29. The monoisotopic (exact) mass is 538 g/mol. The zero-order valence-electron chi connectivity index (χ0n) is 25.3. The Morgan fingerprint density at radius 3 is 1.13 bits per heavy atom. The fourth-order valence-corrected chi connectivity index (χ4v) is 13.7. The van der Waals surface area contributed by atoms with Crippen LogP contribution in [0.15, 0.2) is 0 Å². The lowest BCUT2D eigenvalue weighted by molar-refractivity contribution is -0.0986. The van der Waals surface area contributed by atoms with Crippen molar-refractivity contribution >= 4 is 0 Å². The van der Waals surface area contributed by atoms with Crippen LogP contribution in [0, 0.1) is 64.6 Å². The molecule has 0 aromatic heterocycles. The normalized spacial score (nSPS) is 50.3. The minimum atomic E-state index is -0.0384. The summed E-state index contributed by atoms with van der Waals surface area (Å²) in [7, 11) is 0. The van der Waals surface area contributed by atoms with Gasteiger partial charge in [0.1, 0.15) is 0 Å². The van der Waals surface area contributed by atoms with Gasteiger partial charge in [0.25, 0.3) is 0 Å². The van der Waals surface area contributed by atoms with Gasteiger partial charge in [-0.3, -0.25) is 0 Å². The van der Waals surface area contributed by atoms with Gasteiger partial charge in [-0.1, -0.05) is 64.2 Å². The molecule has 7 aliphatic carbocycles. The van der Waals surface area contributed by atoms with E-state index >= 15 is 0 Å². The first kappa shape index (κ1) is 27.7. The number of hydrogen-bond acceptors (Lipinski definition) is 2. The molecule has 0 aromatic rings. The van der Waals surface area contributed by atoms with Gasteiger partial charge in [0.15, 0.2) is 0 Å². The van der Waals surface area contributed by atoms with Crippen LogP contribution in [0.1, 0.15) is 154 Å². The lowest BCUT2D eigenvalue weighted by atomic mass is 9.48.